The Bertz CT molecular complexity index is 539. The van der Waals surface area contributed by atoms with Gasteiger partial charge < -0.3 is 16.0 Å². The van der Waals surface area contributed by atoms with Crippen molar-refractivity contribution in [3.05, 3.63) is 22.9 Å². The number of nitrogens with two attached hydrogens (primary N) is 1. The molecule has 0 aromatic carbocycles. The normalized spacial score (nSPS) is 17.6. The number of rotatable bonds is 6. The molecule has 0 saturated heterocycles. The molecule has 1 aromatic heterocycles. The van der Waals surface area contributed by atoms with E-state index in [1.165, 1.54) is 36.9 Å². The highest BCUT2D eigenvalue weighted by atomic mass is 32.1. The molecule has 0 bridgehead atoms. The first-order valence-corrected chi connectivity index (χ1v) is 8.32. The van der Waals surface area contributed by atoms with Crippen LogP contribution >= 0.6 is 12.2 Å². The van der Waals surface area contributed by atoms with Gasteiger partial charge in [0.25, 0.3) is 0 Å². The zero-order valence-electron chi connectivity index (χ0n) is 12.7. The zero-order valence-corrected chi connectivity index (χ0v) is 13.5. The molecule has 0 spiro atoms. The summed E-state index contributed by atoms with van der Waals surface area (Å²) < 4.78 is 0. The monoisotopic (exact) mass is 304 g/mol. The molecule has 4 nitrogen and oxygen atoms in total. The van der Waals surface area contributed by atoms with E-state index in [9.17, 15) is 0 Å². The Labute approximate surface area is 132 Å². The average molecular weight is 304 g/mol. The number of likely N-dealkylation sites (N-methyl/N-ethyl adjacent to an activating group) is 1. The predicted molar refractivity (Wildman–Crippen MR) is 90.9 cm³/mol. The molecule has 0 aliphatic heterocycles. The van der Waals surface area contributed by atoms with Crippen molar-refractivity contribution in [3.63, 3.8) is 0 Å². The highest BCUT2D eigenvalue weighted by Gasteiger charge is 2.25. The molecule has 0 radical (unpaired) electrons. The SMILES string of the molecule is CN(CCNc1nc2c(cc1C(N)=S)CCCC2)C1CC1. The standard InChI is InChI=1S/C16H24N4S/c1-20(12-6-7-12)9-8-18-16-13(15(17)21)10-11-4-2-3-5-14(11)19-16/h10,12H,2-9H2,1H3,(H2,17,21)(H,18,19). The number of anilines is 1. The van der Waals surface area contributed by atoms with Crippen LogP contribution in [0.5, 0.6) is 0 Å². The number of aromatic nitrogens is 1. The fourth-order valence-corrected chi connectivity index (χ4v) is 3.16. The number of pyridine rings is 1. The molecule has 3 rings (SSSR count). The first-order chi connectivity index (χ1) is 10.1. The van der Waals surface area contributed by atoms with E-state index in [1.54, 1.807) is 0 Å². The van der Waals surface area contributed by atoms with Crippen LogP contribution in [0.15, 0.2) is 6.07 Å². The molecule has 1 saturated carbocycles. The lowest BCUT2D eigenvalue weighted by Gasteiger charge is -2.20. The summed E-state index contributed by atoms with van der Waals surface area (Å²) in [5.41, 5.74) is 9.33. The van der Waals surface area contributed by atoms with Gasteiger partial charge in [-0.3, -0.25) is 0 Å². The fourth-order valence-electron chi connectivity index (χ4n) is 3.00. The maximum atomic E-state index is 5.88. The highest BCUT2D eigenvalue weighted by molar-refractivity contribution is 7.80. The number of fused-ring (bicyclic) bond motifs is 1. The molecule has 0 amide bonds. The molecular weight excluding hydrogens is 280 g/mol. The molecule has 2 aliphatic rings. The van der Waals surface area contributed by atoms with Gasteiger partial charge in [-0.2, -0.15) is 0 Å². The average Bonchev–Trinajstić information content (AvgIpc) is 3.30. The van der Waals surface area contributed by atoms with Crippen LogP contribution in [0.1, 0.15) is 42.5 Å². The number of thiocarbonyl (C=S) groups is 1. The molecule has 0 atom stereocenters. The van der Waals surface area contributed by atoms with Crippen molar-refractivity contribution in [2.45, 2.75) is 44.6 Å². The van der Waals surface area contributed by atoms with Crippen LogP contribution in [0, 0.1) is 0 Å². The Morgan fingerprint density at radius 1 is 1.43 bits per heavy atom. The smallest absolute Gasteiger partial charge is 0.136 e. The van der Waals surface area contributed by atoms with Crippen LogP contribution in [0.3, 0.4) is 0 Å². The molecular formula is C16H24N4S. The third kappa shape index (κ3) is 3.52. The second-order valence-corrected chi connectivity index (χ2v) is 6.64. The largest absolute Gasteiger partial charge is 0.389 e. The highest BCUT2D eigenvalue weighted by Crippen LogP contribution is 2.26. The summed E-state index contributed by atoms with van der Waals surface area (Å²) in [6, 6.07) is 2.94. The van der Waals surface area contributed by atoms with Gasteiger partial charge in [-0.1, -0.05) is 12.2 Å². The summed E-state index contributed by atoms with van der Waals surface area (Å²) in [6.07, 6.45) is 7.32. The van der Waals surface area contributed by atoms with Crippen LogP contribution in [0.4, 0.5) is 5.82 Å². The van der Waals surface area contributed by atoms with E-state index in [0.717, 1.165) is 43.4 Å². The van der Waals surface area contributed by atoms with Gasteiger partial charge in [-0.15, -0.1) is 0 Å². The number of hydrogen-bond acceptors (Lipinski definition) is 4. The lowest BCUT2D eigenvalue weighted by Crippen LogP contribution is -2.28. The van der Waals surface area contributed by atoms with E-state index in [2.05, 4.69) is 23.3 Å². The Balaban J connectivity index is 1.71. The summed E-state index contributed by atoms with van der Waals surface area (Å²) in [6.45, 7) is 1.91. The second kappa shape index (κ2) is 6.28. The molecule has 3 N–H and O–H groups in total. The molecule has 21 heavy (non-hydrogen) atoms. The summed E-state index contributed by atoms with van der Waals surface area (Å²) in [5.74, 6) is 0.868. The fraction of sp³-hybridized carbons (Fsp3) is 0.625. The van der Waals surface area contributed by atoms with Crippen molar-refractivity contribution in [1.29, 1.82) is 0 Å². The lowest BCUT2D eigenvalue weighted by atomic mass is 9.94. The first kappa shape index (κ1) is 14.7. The van der Waals surface area contributed by atoms with Crippen LogP contribution in [-0.2, 0) is 12.8 Å². The first-order valence-electron chi connectivity index (χ1n) is 7.92. The minimum absolute atomic E-state index is 0.439. The Morgan fingerprint density at radius 3 is 2.90 bits per heavy atom. The van der Waals surface area contributed by atoms with Crippen LogP contribution in [0.2, 0.25) is 0 Å². The van der Waals surface area contributed by atoms with E-state index in [-0.39, 0.29) is 0 Å². The molecule has 114 valence electrons. The van der Waals surface area contributed by atoms with Crippen LogP contribution in [-0.4, -0.2) is 41.1 Å². The molecule has 5 heteroatoms. The van der Waals surface area contributed by atoms with Gasteiger partial charge in [0.1, 0.15) is 10.8 Å². The zero-order chi connectivity index (χ0) is 14.8. The van der Waals surface area contributed by atoms with Crippen molar-refractivity contribution in [1.82, 2.24) is 9.88 Å². The van der Waals surface area contributed by atoms with E-state index in [0.29, 0.717) is 4.99 Å². The third-order valence-corrected chi connectivity index (χ3v) is 4.71. The quantitative estimate of drug-likeness (QED) is 0.788. The Morgan fingerprint density at radius 2 is 2.19 bits per heavy atom. The minimum atomic E-state index is 0.439. The minimum Gasteiger partial charge on any atom is -0.389 e. The Kier molecular flexibility index (Phi) is 4.40. The second-order valence-electron chi connectivity index (χ2n) is 6.20. The topological polar surface area (TPSA) is 54.2 Å². The molecule has 2 aliphatic carbocycles. The van der Waals surface area contributed by atoms with Gasteiger partial charge in [0, 0.05) is 24.8 Å². The maximum Gasteiger partial charge on any atom is 0.136 e. The van der Waals surface area contributed by atoms with Crippen molar-refractivity contribution in [2.24, 2.45) is 5.73 Å². The third-order valence-electron chi connectivity index (χ3n) is 4.49. The van der Waals surface area contributed by atoms with Crippen molar-refractivity contribution in [3.8, 4) is 0 Å². The molecule has 1 heterocycles. The van der Waals surface area contributed by atoms with E-state index in [4.69, 9.17) is 22.9 Å². The van der Waals surface area contributed by atoms with Crippen molar-refractivity contribution in [2.75, 3.05) is 25.5 Å². The molecule has 1 fully saturated rings. The van der Waals surface area contributed by atoms with Gasteiger partial charge in [-0.25, -0.2) is 4.98 Å². The summed E-state index contributed by atoms with van der Waals surface area (Å²) in [4.78, 5) is 7.64. The number of aryl methyl sites for hydroxylation is 2. The van der Waals surface area contributed by atoms with Gasteiger partial charge in [0.2, 0.25) is 0 Å². The van der Waals surface area contributed by atoms with Gasteiger partial charge in [0.15, 0.2) is 0 Å². The number of nitrogens with one attached hydrogen (secondary N) is 1. The van der Waals surface area contributed by atoms with Crippen molar-refractivity contribution >= 4 is 23.0 Å². The van der Waals surface area contributed by atoms with Gasteiger partial charge >= 0.3 is 0 Å². The molecule has 1 aromatic rings. The lowest BCUT2D eigenvalue weighted by molar-refractivity contribution is 0.337. The van der Waals surface area contributed by atoms with Crippen molar-refractivity contribution < 1.29 is 0 Å². The van der Waals surface area contributed by atoms with Crippen LogP contribution in [0.25, 0.3) is 0 Å². The predicted octanol–water partition coefficient (Wildman–Crippen LogP) is 2.10. The summed E-state index contributed by atoms with van der Waals surface area (Å²) >= 11 is 5.20. The van der Waals surface area contributed by atoms with Gasteiger partial charge in [-0.05, 0) is 57.2 Å². The van der Waals surface area contributed by atoms with E-state index in [1.807, 2.05) is 0 Å². The van der Waals surface area contributed by atoms with Gasteiger partial charge in [0.05, 0.1) is 5.56 Å². The van der Waals surface area contributed by atoms with Crippen LogP contribution < -0.4 is 11.1 Å². The van der Waals surface area contributed by atoms with E-state index < -0.39 is 0 Å². The van der Waals surface area contributed by atoms with E-state index >= 15 is 0 Å². The summed E-state index contributed by atoms with van der Waals surface area (Å²) in [5, 5.41) is 3.44. The number of nitrogens with zero attached hydrogens (tertiary/aromatic N) is 2. The number of hydrogen-bond donors (Lipinski definition) is 2. The molecule has 0 unspecified atom stereocenters. The Hall–Kier alpha value is -1.20. The maximum absolute atomic E-state index is 5.88. The summed E-state index contributed by atoms with van der Waals surface area (Å²) in [7, 11) is 2.19.